The summed E-state index contributed by atoms with van der Waals surface area (Å²) in [5.41, 5.74) is 2.06. The summed E-state index contributed by atoms with van der Waals surface area (Å²) in [6.07, 6.45) is 4.23. The third-order valence-electron chi connectivity index (χ3n) is 4.55. The number of rotatable bonds is 8. The Balaban J connectivity index is 2.07. The van der Waals surface area contributed by atoms with Crippen LogP contribution in [0.3, 0.4) is 0 Å². The van der Waals surface area contributed by atoms with Gasteiger partial charge in [-0.15, -0.1) is 0 Å². The number of unbranched alkanes of at least 4 members (excludes halogenated alkanes) is 1. The van der Waals surface area contributed by atoms with Crippen molar-refractivity contribution in [2.45, 2.75) is 65.5 Å². The highest BCUT2D eigenvalue weighted by atomic mass is 16.5. The van der Waals surface area contributed by atoms with Crippen LogP contribution in [0.4, 0.5) is 5.69 Å². The lowest BCUT2D eigenvalue weighted by molar-refractivity contribution is -0.121. The van der Waals surface area contributed by atoms with Crippen LogP contribution >= 0.6 is 0 Å². The first-order valence-corrected chi connectivity index (χ1v) is 8.93. The fourth-order valence-corrected chi connectivity index (χ4v) is 3.27. The molecule has 1 N–H and O–H groups in total. The molecule has 0 aromatic heterocycles. The van der Waals surface area contributed by atoms with Gasteiger partial charge in [0.25, 0.3) is 0 Å². The normalized spacial score (nSPS) is 17.7. The maximum atomic E-state index is 12.8. The van der Waals surface area contributed by atoms with Crippen LogP contribution in [-0.4, -0.2) is 36.0 Å². The van der Waals surface area contributed by atoms with E-state index in [9.17, 15) is 4.79 Å². The SMILES string of the molecule is CCCCC(C(=O)Nc1ccc2c(c1)CC(C)O2)N(CC)CC. The molecule has 4 nitrogen and oxygen atoms in total. The van der Waals surface area contributed by atoms with Gasteiger partial charge < -0.3 is 10.1 Å². The molecule has 0 spiro atoms. The molecule has 23 heavy (non-hydrogen) atoms. The van der Waals surface area contributed by atoms with E-state index in [1.165, 1.54) is 5.56 Å². The Kier molecular flexibility index (Phi) is 6.46. The molecule has 1 amide bonds. The van der Waals surface area contributed by atoms with Gasteiger partial charge >= 0.3 is 0 Å². The van der Waals surface area contributed by atoms with Crippen LogP contribution in [-0.2, 0) is 11.2 Å². The average Bonchev–Trinajstić information content (AvgIpc) is 2.90. The molecule has 0 saturated heterocycles. The number of nitrogens with zero attached hydrogens (tertiary/aromatic N) is 1. The maximum absolute atomic E-state index is 12.8. The fraction of sp³-hybridized carbons (Fsp3) is 0.632. The molecule has 1 aromatic rings. The average molecular weight is 318 g/mol. The Hall–Kier alpha value is -1.55. The maximum Gasteiger partial charge on any atom is 0.241 e. The number of carbonyl (C=O) groups is 1. The summed E-state index contributed by atoms with van der Waals surface area (Å²) in [5, 5.41) is 3.11. The minimum Gasteiger partial charge on any atom is -0.490 e. The van der Waals surface area contributed by atoms with Gasteiger partial charge in [-0.1, -0.05) is 33.6 Å². The predicted molar refractivity (Wildman–Crippen MR) is 95.1 cm³/mol. The number of ether oxygens (including phenoxy) is 1. The number of amides is 1. The molecule has 0 aliphatic carbocycles. The molecule has 0 bridgehead atoms. The zero-order valence-electron chi connectivity index (χ0n) is 14.9. The molecule has 0 fully saturated rings. The molecule has 2 atom stereocenters. The van der Waals surface area contributed by atoms with E-state index in [0.717, 1.165) is 50.2 Å². The van der Waals surface area contributed by atoms with Crippen molar-refractivity contribution in [2.24, 2.45) is 0 Å². The predicted octanol–water partition coefficient (Wildman–Crippen LogP) is 3.85. The third kappa shape index (κ3) is 4.47. The summed E-state index contributed by atoms with van der Waals surface area (Å²) in [7, 11) is 0. The number of anilines is 1. The van der Waals surface area contributed by atoms with Gasteiger partial charge in [0, 0.05) is 12.1 Å². The van der Waals surface area contributed by atoms with Crippen LogP contribution in [0.5, 0.6) is 5.75 Å². The van der Waals surface area contributed by atoms with Crippen molar-refractivity contribution in [3.63, 3.8) is 0 Å². The second kappa shape index (κ2) is 8.34. The second-order valence-electron chi connectivity index (χ2n) is 6.32. The number of fused-ring (bicyclic) bond motifs is 1. The molecular weight excluding hydrogens is 288 g/mol. The van der Waals surface area contributed by atoms with Crippen molar-refractivity contribution in [3.8, 4) is 5.75 Å². The van der Waals surface area contributed by atoms with E-state index in [1.807, 2.05) is 12.1 Å². The van der Waals surface area contributed by atoms with E-state index in [-0.39, 0.29) is 18.1 Å². The Labute approximate surface area is 140 Å². The van der Waals surface area contributed by atoms with Crippen molar-refractivity contribution in [2.75, 3.05) is 18.4 Å². The highest BCUT2D eigenvalue weighted by Crippen LogP contribution is 2.31. The number of nitrogens with one attached hydrogen (secondary N) is 1. The molecule has 0 radical (unpaired) electrons. The molecule has 2 rings (SSSR count). The number of carbonyl (C=O) groups excluding carboxylic acids is 1. The van der Waals surface area contributed by atoms with E-state index >= 15 is 0 Å². The van der Waals surface area contributed by atoms with Crippen LogP contribution in [0.2, 0.25) is 0 Å². The first-order chi connectivity index (χ1) is 11.1. The Morgan fingerprint density at radius 3 is 2.74 bits per heavy atom. The monoisotopic (exact) mass is 318 g/mol. The van der Waals surface area contributed by atoms with E-state index in [1.54, 1.807) is 0 Å². The Bertz CT molecular complexity index is 526. The quantitative estimate of drug-likeness (QED) is 0.791. The van der Waals surface area contributed by atoms with Gasteiger partial charge in [0.05, 0.1) is 6.04 Å². The second-order valence-corrected chi connectivity index (χ2v) is 6.32. The summed E-state index contributed by atoms with van der Waals surface area (Å²) in [6.45, 7) is 10.3. The first-order valence-electron chi connectivity index (χ1n) is 8.93. The molecule has 128 valence electrons. The molecule has 1 aliphatic rings. The van der Waals surface area contributed by atoms with Crippen LogP contribution in [0.15, 0.2) is 18.2 Å². The minimum atomic E-state index is -0.0478. The van der Waals surface area contributed by atoms with Gasteiger partial charge in [-0.2, -0.15) is 0 Å². The van der Waals surface area contributed by atoms with Crippen LogP contribution < -0.4 is 10.1 Å². The van der Waals surface area contributed by atoms with Crippen molar-refractivity contribution < 1.29 is 9.53 Å². The minimum absolute atomic E-state index is 0.0478. The molecule has 1 aromatic carbocycles. The Morgan fingerprint density at radius 2 is 2.09 bits per heavy atom. The Morgan fingerprint density at radius 1 is 1.35 bits per heavy atom. The van der Waals surface area contributed by atoms with Crippen LogP contribution in [0.25, 0.3) is 0 Å². The molecule has 2 unspecified atom stereocenters. The van der Waals surface area contributed by atoms with Crippen molar-refractivity contribution in [1.29, 1.82) is 0 Å². The van der Waals surface area contributed by atoms with Crippen LogP contribution in [0, 0.1) is 0 Å². The lowest BCUT2D eigenvalue weighted by atomic mass is 10.1. The highest BCUT2D eigenvalue weighted by Gasteiger charge is 2.24. The summed E-state index contributed by atoms with van der Waals surface area (Å²) in [4.78, 5) is 15.0. The highest BCUT2D eigenvalue weighted by molar-refractivity contribution is 5.95. The summed E-state index contributed by atoms with van der Waals surface area (Å²) in [5.74, 6) is 1.05. The van der Waals surface area contributed by atoms with E-state index < -0.39 is 0 Å². The zero-order valence-corrected chi connectivity index (χ0v) is 14.9. The summed E-state index contributed by atoms with van der Waals surface area (Å²) in [6, 6.07) is 5.91. The fourth-order valence-electron chi connectivity index (χ4n) is 3.27. The van der Waals surface area contributed by atoms with Crippen molar-refractivity contribution >= 4 is 11.6 Å². The number of likely N-dealkylation sites (N-methyl/N-ethyl adjacent to an activating group) is 1. The van der Waals surface area contributed by atoms with E-state index in [0.29, 0.717) is 0 Å². The molecule has 0 saturated carbocycles. The van der Waals surface area contributed by atoms with Crippen molar-refractivity contribution in [3.05, 3.63) is 23.8 Å². The first kappa shape index (κ1) is 17.8. The lowest BCUT2D eigenvalue weighted by Gasteiger charge is -2.28. The van der Waals surface area contributed by atoms with Gasteiger partial charge in [-0.05, 0) is 50.2 Å². The molecular formula is C19H30N2O2. The molecule has 1 heterocycles. The number of hydrogen-bond donors (Lipinski definition) is 1. The molecule has 1 aliphatic heterocycles. The lowest BCUT2D eigenvalue weighted by Crippen LogP contribution is -2.44. The van der Waals surface area contributed by atoms with Gasteiger partial charge in [0.2, 0.25) is 5.91 Å². The van der Waals surface area contributed by atoms with Gasteiger partial charge in [-0.25, -0.2) is 0 Å². The number of benzene rings is 1. The van der Waals surface area contributed by atoms with Gasteiger partial charge in [0.15, 0.2) is 0 Å². The van der Waals surface area contributed by atoms with Gasteiger partial charge in [-0.3, -0.25) is 9.69 Å². The summed E-state index contributed by atoms with van der Waals surface area (Å²) >= 11 is 0. The third-order valence-corrected chi connectivity index (χ3v) is 4.55. The van der Waals surface area contributed by atoms with E-state index in [4.69, 9.17) is 4.74 Å². The standard InChI is InChI=1S/C19H30N2O2/c1-5-8-9-17(21(6-2)7-3)19(22)20-16-10-11-18-15(13-16)12-14(4)23-18/h10-11,13-14,17H,5-9,12H2,1-4H3,(H,20,22). The smallest absolute Gasteiger partial charge is 0.241 e. The van der Waals surface area contributed by atoms with Crippen LogP contribution in [0.1, 0.15) is 52.5 Å². The van der Waals surface area contributed by atoms with Crippen molar-refractivity contribution in [1.82, 2.24) is 4.90 Å². The van der Waals surface area contributed by atoms with E-state index in [2.05, 4.69) is 44.0 Å². The largest absolute Gasteiger partial charge is 0.490 e. The topological polar surface area (TPSA) is 41.6 Å². The molecule has 4 heteroatoms. The summed E-state index contributed by atoms with van der Waals surface area (Å²) < 4.78 is 5.72. The zero-order chi connectivity index (χ0) is 16.8. The van der Waals surface area contributed by atoms with Gasteiger partial charge in [0.1, 0.15) is 11.9 Å². The number of hydrogen-bond acceptors (Lipinski definition) is 3.